The van der Waals surface area contributed by atoms with Crippen molar-refractivity contribution < 1.29 is 44.3 Å². The Hall–Kier alpha value is -1.62. The predicted octanol–water partition coefficient (Wildman–Crippen LogP) is -0.981. The van der Waals surface area contributed by atoms with E-state index in [4.69, 9.17) is 0 Å². The zero-order valence-electron chi connectivity index (χ0n) is 15.0. The van der Waals surface area contributed by atoms with Crippen LogP contribution in [0.25, 0.3) is 0 Å². The van der Waals surface area contributed by atoms with Crippen molar-refractivity contribution in [2.45, 2.75) is 38.3 Å². The van der Waals surface area contributed by atoms with Crippen LogP contribution < -0.4 is 34.7 Å². The second-order valence-corrected chi connectivity index (χ2v) is 6.99. The van der Waals surface area contributed by atoms with Gasteiger partial charge in [-0.15, -0.1) is 0 Å². The third kappa shape index (κ3) is 3.59. The van der Waals surface area contributed by atoms with E-state index in [1.165, 1.54) is 5.56 Å². The number of nitrogens with zero attached hydrogens (tertiary/aromatic N) is 1. The number of aryl methyl sites for hydroxylation is 1. The fourth-order valence-corrected chi connectivity index (χ4v) is 4.22. The molecule has 1 unspecified atom stereocenters. The Morgan fingerprint density at radius 1 is 1.00 bits per heavy atom. The molecule has 26 heavy (non-hydrogen) atoms. The minimum atomic E-state index is -1.12. The molecular weight excluding hydrogens is 337 g/mol. The molecule has 1 aliphatic heterocycles. The van der Waals surface area contributed by atoms with E-state index in [2.05, 4.69) is 0 Å². The summed E-state index contributed by atoms with van der Waals surface area (Å²) in [5, 5.41) is 11.8. The minimum absolute atomic E-state index is 0. The quantitative estimate of drug-likeness (QED) is 0.661. The number of hydrogen-bond donors (Lipinski definition) is 0. The number of amides is 1. The Morgan fingerprint density at radius 2 is 1.58 bits per heavy atom. The Balaban J connectivity index is 0.00000196. The molecule has 0 aromatic heterocycles. The number of carbonyl (C=O) groups excluding carboxylic acids is 2. The summed E-state index contributed by atoms with van der Waals surface area (Å²) >= 11 is 0. The molecule has 4 nitrogen and oxygen atoms in total. The van der Waals surface area contributed by atoms with Crippen molar-refractivity contribution in [1.29, 1.82) is 0 Å². The summed E-state index contributed by atoms with van der Waals surface area (Å²) < 4.78 is 0. The van der Waals surface area contributed by atoms with Gasteiger partial charge in [-0.3, -0.25) is 4.79 Å². The molecule has 1 heterocycles. The Morgan fingerprint density at radius 3 is 2.19 bits per heavy atom. The number of benzene rings is 2. The molecule has 0 radical (unpaired) electrons. The molecule has 2 aromatic rings. The molecule has 0 N–H and O–H groups in total. The van der Waals surface area contributed by atoms with Gasteiger partial charge in [-0.1, -0.05) is 48.5 Å². The molecule has 5 heteroatoms. The first-order chi connectivity index (χ1) is 12.1. The van der Waals surface area contributed by atoms with Gasteiger partial charge in [0.05, 0.1) is 0 Å². The summed E-state index contributed by atoms with van der Waals surface area (Å²) in [4.78, 5) is 26.3. The Bertz CT molecular complexity index is 811. The zero-order chi connectivity index (χ0) is 17.4. The first-order valence-electron chi connectivity index (χ1n) is 8.76. The van der Waals surface area contributed by atoms with Gasteiger partial charge in [0, 0.05) is 31.4 Å². The summed E-state index contributed by atoms with van der Waals surface area (Å²) in [6.07, 6.45) is 1.65. The number of carbonyl (C=O) groups is 2. The van der Waals surface area contributed by atoms with Gasteiger partial charge < -0.3 is 14.8 Å². The SMILES string of the molecule is O=C([O-])C(CC(=O)N1Cc2ccccc2C1)[C@@H]1CCc2ccccc21.[Na+]. The van der Waals surface area contributed by atoms with Gasteiger partial charge >= 0.3 is 29.6 Å². The molecule has 128 valence electrons. The average Bonchev–Trinajstić information content (AvgIpc) is 3.23. The van der Waals surface area contributed by atoms with Crippen LogP contribution in [0.15, 0.2) is 48.5 Å². The van der Waals surface area contributed by atoms with E-state index in [0.717, 1.165) is 29.5 Å². The Labute approximate surface area is 175 Å². The minimum Gasteiger partial charge on any atom is -0.550 e. The summed E-state index contributed by atoms with van der Waals surface area (Å²) in [6.45, 7) is 1.13. The van der Waals surface area contributed by atoms with Gasteiger partial charge in [0.1, 0.15) is 0 Å². The summed E-state index contributed by atoms with van der Waals surface area (Å²) in [7, 11) is 0. The second-order valence-electron chi connectivity index (χ2n) is 6.99. The molecule has 2 aliphatic rings. The van der Waals surface area contributed by atoms with Gasteiger partial charge in [0.25, 0.3) is 0 Å². The maximum Gasteiger partial charge on any atom is 1.00 e. The van der Waals surface area contributed by atoms with Crippen LogP contribution in [-0.4, -0.2) is 16.8 Å². The number of hydrogen-bond acceptors (Lipinski definition) is 3. The van der Waals surface area contributed by atoms with Gasteiger partial charge in [-0.05, 0) is 41.0 Å². The molecule has 0 saturated heterocycles. The van der Waals surface area contributed by atoms with E-state index < -0.39 is 11.9 Å². The number of carboxylic acid groups (broad SMARTS) is 1. The number of aliphatic carboxylic acids is 1. The third-order valence-corrected chi connectivity index (χ3v) is 5.56. The van der Waals surface area contributed by atoms with Crippen LogP contribution in [0.1, 0.15) is 41.0 Å². The van der Waals surface area contributed by atoms with Crippen LogP contribution in [0.3, 0.4) is 0 Å². The standard InChI is InChI=1S/C21H21NO3.Na/c23-20(22-12-15-6-1-2-7-16(15)13-22)11-19(21(24)25)18-10-9-14-5-3-4-8-17(14)18;/h1-8,18-19H,9-13H2,(H,24,25);/q;+1/p-1/t18-,19?;/m1./s1. The van der Waals surface area contributed by atoms with Crippen LogP contribution in [0.2, 0.25) is 0 Å². The van der Waals surface area contributed by atoms with Gasteiger partial charge in [-0.2, -0.15) is 0 Å². The number of fused-ring (bicyclic) bond motifs is 2. The smallest absolute Gasteiger partial charge is 0.550 e. The van der Waals surface area contributed by atoms with Crippen molar-refractivity contribution in [2.24, 2.45) is 5.92 Å². The van der Waals surface area contributed by atoms with Gasteiger partial charge in [0.2, 0.25) is 5.91 Å². The molecule has 2 atom stereocenters. The number of carboxylic acids is 1. The van der Waals surface area contributed by atoms with Crippen molar-refractivity contribution in [3.8, 4) is 0 Å². The topological polar surface area (TPSA) is 60.4 Å². The molecule has 1 amide bonds. The van der Waals surface area contributed by atoms with Crippen molar-refractivity contribution in [3.05, 3.63) is 70.8 Å². The summed E-state index contributed by atoms with van der Waals surface area (Å²) in [5.41, 5.74) is 4.55. The van der Waals surface area contributed by atoms with E-state index in [9.17, 15) is 14.7 Å². The van der Waals surface area contributed by atoms with Crippen molar-refractivity contribution in [1.82, 2.24) is 4.90 Å². The first-order valence-corrected chi connectivity index (χ1v) is 8.76. The predicted molar refractivity (Wildman–Crippen MR) is 91.3 cm³/mol. The molecule has 0 fully saturated rings. The second kappa shape index (κ2) is 7.95. The largest absolute Gasteiger partial charge is 1.00 e. The molecule has 1 aliphatic carbocycles. The van der Waals surface area contributed by atoms with E-state index in [1.807, 2.05) is 48.5 Å². The normalized spacial score (nSPS) is 18.6. The average molecular weight is 357 g/mol. The van der Waals surface area contributed by atoms with Crippen LogP contribution >= 0.6 is 0 Å². The molecular formula is C21H20NNaO3. The van der Waals surface area contributed by atoms with Crippen molar-refractivity contribution >= 4 is 11.9 Å². The molecule has 0 saturated carbocycles. The Kier molecular flexibility index (Phi) is 5.86. The fourth-order valence-electron chi connectivity index (χ4n) is 4.22. The van der Waals surface area contributed by atoms with E-state index in [1.54, 1.807) is 4.90 Å². The van der Waals surface area contributed by atoms with Crippen LogP contribution in [-0.2, 0) is 29.1 Å². The summed E-state index contributed by atoms with van der Waals surface area (Å²) in [5.74, 6) is -2.11. The zero-order valence-corrected chi connectivity index (χ0v) is 17.0. The third-order valence-electron chi connectivity index (χ3n) is 5.56. The van der Waals surface area contributed by atoms with Crippen molar-refractivity contribution in [2.75, 3.05) is 0 Å². The maximum atomic E-state index is 12.7. The van der Waals surface area contributed by atoms with Gasteiger partial charge in [-0.25, -0.2) is 0 Å². The van der Waals surface area contributed by atoms with E-state index in [-0.39, 0.29) is 47.8 Å². The molecule has 2 aromatic carbocycles. The van der Waals surface area contributed by atoms with Crippen LogP contribution in [0, 0.1) is 5.92 Å². The van der Waals surface area contributed by atoms with Crippen molar-refractivity contribution in [3.63, 3.8) is 0 Å². The fraction of sp³-hybridized carbons (Fsp3) is 0.333. The first kappa shape index (κ1) is 19.2. The monoisotopic (exact) mass is 357 g/mol. The maximum absolute atomic E-state index is 12.7. The van der Waals surface area contributed by atoms with E-state index >= 15 is 0 Å². The summed E-state index contributed by atoms with van der Waals surface area (Å²) in [6, 6.07) is 15.9. The van der Waals surface area contributed by atoms with Gasteiger partial charge in [0.15, 0.2) is 0 Å². The molecule has 4 rings (SSSR count). The number of rotatable bonds is 4. The van der Waals surface area contributed by atoms with Crippen LogP contribution in [0.4, 0.5) is 0 Å². The van der Waals surface area contributed by atoms with E-state index in [0.29, 0.717) is 13.1 Å². The van der Waals surface area contributed by atoms with Crippen LogP contribution in [0.5, 0.6) is 0 Å². The molecule has 0 spiro atoms. The molecule has 0 bridgehead atoms.